The van der Waals surface area contributed by atoms with Crippen molar-refractivity contribution >= 4 is 11.8 Å². The standard InChI is InChI=1S/C7H9F3N4/c1-14(2)5-3-4(7(8,9)10)12-6(11)13-5/h3H,1-2H3,(H2,11,12,13). The lowest BCUT2D eigenvalue weighted by Gasteiger charge is -2.13. The van der Waals surface area contributed by atoms with Gasteiger partial charge >= 0.3 is 6.18 Å². The molecule has 7 heteroatoms. The third-order valence-corrected chi connectivity index (χ3v) is 1.48. The topological polar surface area (TPSA) is 55.0 Å². The molecule has 2 N–H and O–H groups in total. The van der Waals surface area contributed by atoms with Crippen molar-refractivity contribution in [1.82, 2.24) is 9.97 Å². The van der Waals surface area contributed by atoms with Crippen LogP contribution in [0.3, 0.4) is 0 Å². The van der Waals surface area contributed by atoms with Gasteiger partial charge in [0, 0.05) is 20.2 Å². The second kappa shape index (κ2) is 3.32. The summed E-state index contributed by atoms with van der Waals surface area (Å²) in [5.41, 5.74) is 4.11. The maximum atomic E-state index is 12.2. The Bertz CT molecular complexity index is 334. The third-order valence-electron chi connectivity index (χ3n) is 1.48. The maximum absolute atomic E-state index is 12.2. The van der Waals surface area contributed by atoms with Crippen LogP contribution in [0.2, 0.25) is 0 Å². The van der Waals surface area contributed by atoms with Gasteiger partial charge in [-0.2, -0.15) is 18.2 Å². The van der Waals surface area contributed by atoms with Gasteiger partial charge in [0.25, 0.3) is 0 Å². The molecule has 0 radical (unpaired) electrons. The Labute approximate surface area is 78.6 Å². The fourth-order valence-corrected chi connectivity index (χ4v) is 0.827. The van der Waals surface area contributed by atoms with Crippen LogP contribution < -0.4 is 10.6 Å². The van der Waals surface area contributed by atoms with Gasteiger partial charge in [0.15, 0.2) is 5.69 Å². The molecule has 1 heterocycles. The van der Waals surface area contributed by atoms with Crippen molar-refractivity contribution in [2.45, 2.75) is 6.18 Å². The van der Waals surface area contributed by atoms with Gasteiger partial charge in [0.2, 0.25) is 5.95 Å². The Morgan fingerprint density at radius 1 is 1.29 bits per heavy atom. The first-order chi connectivity index (χ1) is 6.30. The predicted octanol–water partition coefficient (Wildman–Crippen LogP) is 1.14. The van der Waals surface area contributed by atoms with Crippen LogP contribution in [-0.4, -0.2) is 24.1 Å². The number of hydrogen-bond acceptors (Lipinski definition) is 4. The highest BCUT2D eigenvalue weighted by atomic mass is 19.4. The summed E-state index contributed by atoms with van der Waals surface area (Å²) in [4.78, 5) is 8.17. The van der Waals surface area contributed by atoms with Crippen molar-refractivity contribution in [3.05, 3.63) is 11.8 Å². The molecule has 0 bridgehead atoms. The number of halogens is 3. The second-order valence-electron chi connectivity index (χ2n) is 2.86. The fourth-order valence-electron chi connectivity index (χ4n) is 0.827. The molecule has 1 rings (SSSR count). The lowest BCUT2D eigenvalue weighted by Crippen LogP contribution is -2.16. The lowest BCUT2D eigenvalue weighted by atomic mass is 10.3. The van der Waals surface area contributed by atoms with E-state index < -0.39 is 11.9 Å². The molecule has 0 amide bonds. The van der Waals surface area contributed by atoms with Crippen molar-refractivity contribution in [1.29, 1.82) is 0 Å². The molecule has 0 unspecified atom stereocenters. The van der Waals surface area contributed by atoms with Crippen LogP contribution in [0.5, 0.6) is 0 Å². The highest BCUT2D eigenvalue weighted by molar-refractivity contribution is 5.42. The number of rotatable bonds is 1. The van der Waals surface area contributed by atoms with Crippen molar-refractivity contribution in [2.75, 3.05) is 24.7 Å². The number of alkyl halides is 3. The summed E-state index contributed by atoms with van der Waals surface area (Å²) in [5, 5.41) is 0. The predicted molar refractivity (Wildman–Crippen MR) is 45.8 cm³/mol. The van der Waals surface area contributed by atoms with E-state index in [1.165, 1.54) is 4.90 Å². The molecule has 14 heavy (non-hydrogen) atoms. The molecule has 0 atom stereocenters. The molecule has 78 valence electrons. The van der Waals surface area contributed by atoms with Gasteiger partial charge in [-0.1, -0.05) is 0 Å². The molecule has 0 spiro atoms. The average Bonchev–Trinajstić information content (AvgIpc) is 2.01. The Morgan fingerprint density at radius 3 is 2.29 bits per heavy atom. The minimum Gasteiger partial charge on any atom is -0.368 e. The largest absolute Gasteiger partial charge is 0.433 e. The molecule has 0 aliphatic rings. The Morgan fingerprint density at radius 2 is 1.86 bits per heavy atom. The zero-order chi connectivity index (χ0) is 10.9. The van der Waals surface area contributed by atoms with E-state index in [0.29, 0.717) is 0 Å². The van der Waals surface area contributed by atoms with Gasteiger partial charge in [-0.05, 0) is 0 Å². The number of aromatic nitrogens is 2. The van der Waals surface area contributed by atoms with E-state index in [9.17, 15) is 13.2 Å². The van der Waals surface area contributed by atoms with E-state index >= 15 is 0 Å². The SMILES string of the molecule is CN(C)c1cc(C(F)(F)F)nc(N)n1. The summed E-state index contributed by atoms with van der Waals surface area (Å²) in [5.74, 6) is -0.256. The summed E-state index contributed by atoms with van der Waals surface area (Å²) < 4.78 is 36.7. The summed E-state index contributed by atoms with van der Waals surface area (Å²) >= 11 is 0. The number of anilines is 2. The van der Waals surface area contributed by atoms with E-state index in [1.54, 1.807) is 14.1 Å². The van der Waals surface area contributed by atoms with Crippen LogP contribution in [0.15, 0.2) is 6.07 Å². The van der Waals surface area contributed by atoms with Gasteiger partial charge in [-0.3, -0.25) is 0 Å². The first kappa shape index (κ1) is 10.6. The minimum atomic E-state index is -4.50. The minimum absolute atomic E-state index is 0.129. The molecular formula is C7H9F3N4. The van der Waals surface area contributed by atoms with E-state index in [-0.39, 0.29) is 11.8 Å². The number of nitrogens with zero attached hydrogens (tertiary/aromatic N) is 3. The maximum Gasteiger partial charge on any atom is 0.433 e. The molecule has 0 aliphatic heterocycles. The van der Waals surface area contributed by atoms with Crippen molar-refractivity contribution in [3.8, 4) is 0 Å². The number of nitrogens with two attached hydrogens (primary N) is 1. The Balaban J connectivity index is 3.21. The zero-order valence-electron chi connectivity index (χ0n) is 7.63. The first-order valence-electron chi connectivity index (χ1n) is 3.70. The summed E-state index contributed by atoms with van der Waals surface area (Å²) in [7, 11) is 3.14. The van der Waals surface area contributed by atoms with Crippen LogP contribution in [0.4, 0.5) is 24.9 Å². The van der Waals surface area contributed by atoms with Crippen LogP contribution >= 0.6 is 0 Å². The molecule has 1 aromatic heterocycles. The van der Waals surface area contributed by atoms with E-state index in [1.807, 2.05) is 0 Å². The van der Waals surface area contributed by atoms with E-state index in [0.717, 1.165) is 6.07 Å². The first-order valence-corrected chi connectivity index (χ1v) is 3.70. The molecular weight excluding hydrogens is 197 g/mol. The average molecular weight is 206 g/mol. The zero-order valence-corrected chi connectivity index (χ0v) is 7.63. The summed E-state index contributed by atoms with van der Waals surface area (Å²) in [6.45, 7) is 0. The summed E-state index contributed by atoms with van der Waals surface area (Å²) in [6, 6.07) is 0.844. The summed E-state index contributed by atoms with van der Waals surface area (Å²) in [6.07, 6.45) is -4.50. The molecule has 1 aromatic rings. The van der Waals surface area contributed by atoms with Gasteiger partial charge in [0.05, 0.1) is 0 Å². The van der Waals surface area contributed by atoms with Gasteiger partial charge in [-0.15, -0.1) is 0 Å². The third kappa shape index (κ3) is 2.24. The van der Waals surface area contributed by atoms with Crippen LogP contribution in [-0.2, 0) is 6.18 Å². The molecule has 0 saturated carbocycles. The normalized spacial score (nSPS) is 11.5. The molecule has 4 nitrogen and oxygen atoms in total. The highest BCUT2D eigenvalue weighted by Crippen LogP contribution is 2.29. The van der Waals surface area contributed by atoms with Crippen LogP contribution in [0.25, 0.3) is 0 Å². The monoisotopic (exact) mass is 206 g/mol. The van der Waals surface area contributed by atoms with Gasteiger partial charge in [0.1, 0.15) is 5.82 Å². The van der Waals surface area contributed by atoms with Crippen molar-refractivity contribution in [3.63, 3.8) is 0 Å². The smallest absolute Gasteiger partial charge is 0.368 e. The van der Waals surface area contributed by atoms with Gasteiger partial charge in [-0.25, -0.2) is 4.98 Å². The van der Waals surface area contributed by atoms with Gasteiger partial charge < -0.3 is 10.6 Å². The molecule has 0 fully saturated rings. The van der Waals surface area contributed by atoms with Crippen molar-refractivity contribution in [2.24, 2.45) is 0 Å². The van der Waals surface area contributed by atoms with Crippen LogP contribution in [0.1, 0.15) is 5.69 Å². The quantitative estimate of drug-likeness (QED) is 0.748. The van der Waals surface area contributed by atoms with Crippen LogP contribution in [0, 0.1) is 0 Å². The highest BCUT2D eigenvalue weighted by Gasteiger charge is 2.33. The molecule has 0 aromatic carbocycles. The molecule has 0 saturated heterocycles. The Kier molecular flexibility index (Phi) is 2.50. The Hall–Kier alpha value is -1.53. The second-order valence-corrected chi connectivity index (χ2v) is 2.86. The fraction of sp³-hybridized carbons (Fsp3) is 0.429. The molecule has 0 aliphatic carbocycles. The van der Waals surface area contributed by atoms with E-state index in [4.69, 9.17) is 5.73 Å². The number of nitrogen functional groups attached to an aromatic ring is 1. The van der Waals surface area contributed by atoms with Crippen molar-refractivity contribution < 1.29 is 13.2 Å². The number of hydrogen-bond donors (Lipinski definition) is 1. The lowest BCUT2D eigenvalue weighted by molar-refractivity contribution is -0.141. The van der Waals surface area contributed by atoms with E-state index in [2.05, 4.69) is 9.97 Å².